The largest absolute Gasteiger partial charge is 0.316 e. The van der Waals surface area contributed by atoms with Gasteiger partial charge in [-0.25, -0.2) is 0 Å². The minimum absolute atomic E-state index is 0.388. The summed E-state index contributed by atoms with van der Waals surface area (Å²) in [5.74, 6) is 0. The lowest BCUT2D eigenvalue weighted by atomic mass is 9.81. The predicted molar refractivity (Wildman–Crippen MR) is 80.8 cm³/mol. The smallest absolute Gasteiger partial charge is 0.0847 e. The Kier molecular flexibility index (Phi) is 4.91. The van der Waals surface area contributed by atoms with Crippen LogP contribution in [0.2, 0.25) is 5.02 Å². The minimum Gasteiger partial charge on any atom is -0.316 e. The third-order valence-corrected chi connectivity index (χ3v) is 4.90. The van der Waals surface area contributed by atoms with Crippen LogP contribution in [0, 0.1) is 12.3 Å². The molecule has 0 aliphatic heterocycles. The monoisotopic (exact) mass is 283 g/mol. The van der Waals surface area contributed by atoms with Gasteiger partial charge < -0.3 is 5.32 Å². The molecule has 3 nitrogen and oxygen atoms in total. The lowest BCUT2D eigenvalue weighted by molar-refractivity contribution is 0.273. The van der Waals surface area contributed by atoms with Gasteiger partial charge in [0, 0.05) is 13.1 Å². The van der Waals surface area contributed by atoms with Gasteiger partial charge >= 0.3 is 0 Å². The van der Waals surface area contributed by atoms with Gasteiger partial charge in [-0.2, -0.15) is 5.10 Å². The summed E-state index contributed by atoms with van der Waals surface area (Å²) in [5, 5.41) is 8.97. The highest BCUT2D eigenvalue weighted by Gasteiger charge is 2.35. The van der Waals surface area contributed by atoms with E-state index in [9.17, 15) is 0 Å². The topological polar surface area (TPSA) is 29.9 Å². The molecule has 1 fully saturated rings. The first kappa shape index (κ1) is 14.9. The van der Waals surface area contributed by atoms with Gasteiger partial charge in [0.1, 0.15) is 0 Å². The summed E-state index contributed by atoms with van der Waals surface area (Å²) >= 11 is 6.46. The highest BCUT2D eigenvalue weighted by atomic mass is 35.5. The van der Waals surface area contributed by atoms with Gasteiger partial charge in [0.2, 0.25) is 0 Å². The summed E-state index contributed by atoms with van der Waals surface area (Å²) in [5.41, 5.74) is 2.59. The van der Waals surface area contributed by atoms with Crippen LogP contribution in [0.4, 0.5) is 0 Å². The van der Waals surface area contributed by atoms with Crippen LogP contribution in [0.1, 0.15) is 50.9 Å². The van der Waals surface area contributed by atoms with E-state index in [1.165, 1.54) is 31.4 Å². The number of aromatic nitrogens is 2. The first-order valence-electron chi connectivity index (χ1n) is 7.54. The fourth-order valence-corrected chi connectivity index (χ4v) is 3.53. The van der Waals surface area contributed by atoms with E-state index >= 15 is 0 Å². The Morgan fingerprint density at radius 1 is 1.32 bits per heavy atom. The minimum atomic E-state index is 0.388. The average molecular weight is 284 g/mol. The van der Waals surface area contributed by atoms with E-state index in [0.29, 0.717) is 5.41 Å². The van der Waals surface area contributed by atoms with E-state index in [2.05, 4.69) is 28.9 Å². The van der Waals surface area contributed by atoms with Gasteiger partial charge in [-0.3, -0.25) is 4.68 Å². The number of hydrogen-bond acceptors (Lipinski definition) is 2. The van der Waals surface area contributed by atoms with E-state index in [1.807, 2.05) is 6.92 Å². The molecule has 0 amide bonds. The SMILES string of the molecule is CCNCC1(Cc2c(Cl)c(C)nn2CC)CCCC1. The lowest BCUT2D eigenvalue weighted by Crippen LogP contribution is -2.34. The number of nitrogens with zero attached hydrogens (tertiary/aromatic N) is 2. The molecule has 0 bridgehead atoms. The molecule has 1 aliphatic rings. The maximum Gasteiger partial charge on any atom is 0.0847 e. The maximum atomic E-state index is 6.46. The zero-order valence-electron chi connectivity index (χ0n) is 12.4. The Labute approximate surface area is 121 Å². The normalized spacial score (nSPS) is 18.1. The van der Waals surface area contributed by atoms with Gasteiger partial charge in [-0.1, -0.05) is 31.4 Å². The van der Waals surface area contributed by atoms with Crippen molar-refractivity contribution >= 4 is 11.6 Å². The molecule has 4 heteroatoms. The summed E-state index contributed by atoms with van der Waals surface area (Å²) in [7, 11) is 0. The highest BCUT2D eigenvalue weighted by Crippen LogP contribution is 2.42. The van der Waals surface area contributed by atoms with Gasteiger partial charge in [-0.05, 0) is 45.1 Å². The second kappa shape index (κ2) is 6.27. The van der Waals surface area contributed by atoms with Crippen molar-refractivity contribution in [2.75, 3.05) is 13.1 Å². The fourth-order valence-electron chi connectivity index (χ4n) is 3.32. The van der Waals surface area contributed by atoms with Crippen molar-refractivity contribution in [2.45, 2.75) is 59.4 Å². The summed E-state index contributed by atoms with van der Waals surface area (Å²) in [4.78, 5) is 0. The Morgan fingerprint density at radius 2 is 2.00 bits per heavy atom. The zero-order valence-corrected chi connectivity index (χ0v) is 13.2. The standard InChI is InChI=1S/C15H26ClN3/c1-4-17-11-15(8-6-7-9-15)10-13-14(16)12(3)18-19(13)5-2/h17H,4-11H2,1-3H3. The second-order valence-corrected chi connectivity index (χ2v) is 6.20. The Balaban J connectivity index is 2.21. The summed E-state index contributed by atoms with van der Waals surface area (Å²) in [6.45, 7) is 9.37. The van der Waals surface area contributed by atoms with Gasteiger partial charge in [-0.15, -0.1) is 0 Å². The zero-order chi connectivity index (χ0) is 13.9. The number of halogens is 1. The quantitative estimate of drug-likeness (QED) is 0.865. The predicted octanol–water partition coefficient (Wildman–Crippen LogP) is 3.58. The average Bonchev–Trinajstić information content (AvgIpc) is 2.97. The summed E-state index contributed by atoms with van der Waals surface area (Å²) in [6.07, 6.45) is 6.38. The third kappa shape index (κ3) is 3.14. The molecule has 0 spiro atoms. The van der Waals surface area contributed by atoms with Crippen LogP contribution in [-0.4, -0.2) is 22.9 Å². The molecule has 1 aromatic rings. The molecule has 0 atom stereocenters. The molecule has 1 heterocycles. The molecule has 0 unspecified atom stereocenters. The maximum absolute atomic E-state index is 6.46. The Bertz CT molecular complexity index is 419. The van der Waals surface area contributed by atoms with Crippen LogP contribution in [0.15, 0.2) is 0 Å². The molecular weight excluding hydrogens is 258 g/mol. The molecule has 19 heavy (non-hydrogen) atoms. The van der Waals surface area contributed by atoms with Crippen LogP contribution in [0.5, 0.6) is 0 Å². The number of rotatable bonds is 6. The molecule has 0 aromatic carbocycles. The molecule has 1 aromatic heterocycles. The van der Waals surface area contributed by atoms with Crippen molar-refractivity contribution in [3.63, 3.8) is 0 Å². The van der Waals surface area contributed by atoms with E-state index in [4.69, 9.17) is 11.6 Å². The molecule has 1 N–H and O–H groups in total. The Morgan fingerprint density at radius 3 is 2.58 bits per heavy atom. The van der Waals surface area contributed by atoms with Crippen LogP contribution in [0.25, 0.3) is 0 Å². The molecule has 108 valence electrons. The molecule has 1 aliphatic carbocycles. The van der Waals surface area contributed by atoms with E-state index < -0.39 is 0 Å². The van der Waals surface area contributed by atoms with E-state index in [1.54, 1.807) is 0 Å². The molecule has 0 radical (unpaired) electrons. The van der Waals surface area contributed by atoms with Crippen molar-refractivity contribution < 1.29 is 0 Å². The number of nitrogens with one attached hydrogen (secondary N) is 1. The van der Waals surface area contributed by atoms with Crippen LogP contribution in [-0.2, 0) is 13.0 Å². The first-order chi connectivity index (χ1) is 9.12. The lowest BCUT2D eigenvalue weighted by Gasteiger charge is -2.29. The van der Waals surface area contributed by atoms with Gasteiger partial charge in [0.05, 0.1) is 16.4 Å². The third-order valence-electron chi connectivity index (χ3n) is 4.41. The second-order valence-electron chi connectivity index (χ2n) is 5.83. The van der Waals surface area contributed by atoms with Crippen LogP contribution < -0.4 is 5.32 Å². The highest BCUT2D eigenvalue weighted by molar-refractivity contribution is 6.31. The summed E-state index contributed by atoms with van der Waals surface area (Å²) in [6, 6.07) is 0. The Hall–Kier alpha value is -0.540. The van der Waals surface area contributed by atoms with Gasteiger partial charge in [0.15, 0.2) is 0 Å². The number of aryl methyl sites for hydroxylation is 2. The van der Waals surface area contributed by atoms with Crippen LogP contribution >= 0.6 is 11.6 Å². The first-order valence-corrected chi connectivity index (χ1v) is 7.92. The summed E-state index contributed by atoms with van der Waals surface area (Å²) < 4.78 is 2.09. The van der Waals surface area contributed by atoms with E-state index in [-0.39, 0.29) is 0 Å². The van der Waals surface area contributed by atoms with Crippen molar-refractivity contribution in [3.8, 4) is 0 Å². The number of hydrogen-bond donors (Lipinski definition) is 1. The molecule has 2 rings (SSSR count). The molecular formula is C15H26ClN3. The van der Waals surface area contributed by atoms with E-state index in [0.717, 1.165) is 36.8 Å². The molecule has 0 saturated heterocycles. The van der Waals surface area contributed by atoms with Crippen LogP contribution in [0.3, 0.4) is 0 Å². The fraction of sp³-hybridized carbons (Fsp3) is 0.800. The van der Waals surface area contributed by atoms with Gasteiger partial charge in [0.25, 0.3) is 0 Å². The van der Waals surface area contributed by atoms with Crippen molar-refractivity contribution in [3.05, 3.63) is 16.4 Å². The van der Waals surface area contributed by atoms with Crippen molar-refractivity contribution in [1.29, 1.82) is 0 Å². The van der Waals surface area contributed by atoms with Crippen molar-refractivity contribution in [1.82, 2.24) is 15.1 Å². The van der Waals surface area contributed by atoms with Crippen molar-refractivity contribution in [2.24, 2.45) is 5.41 Å². The molecule has 1 saturated carbocycles.